The Morgan fingerprint density at radius 1 is 0.923 bits per heavy atom. The van der Waals surface area contributed by atoms with Crippen molar-refractivity contribution in [3.63, 3.8) is 0 Å². The number of benzene rings is 3. The van der Waals surface area contributed by atoms with Crippen molar-refractivity contribution >= 4 is 24.3 Å². The Kier molecular flexibility index (Phi) is 13.1. The molecule has 2 atom stereocenters. The van der Waals surface area contributed by atoms with E-state index < -0.39 is 17.6 Å². The number of carbonyl (C=O) groups is 1. The van der Waals surface area contributed by atoms with Crippen LogP contribution in [0.5, 0.6) is 46.0 Å². The summed E-state index contributed by atoms with van der Waals surface area (Å²) in [5.41, 5.74) is 0.930. The van der Waals surface area contributed by atoms with Crippen LogP contribution in [-0.2, 0) is 4.74 Å². The number of halogens is 1. The van der Waals surface area contributed by atoms with Gasteiger partial charge in [-0.15, -0.1) is 12.4 Å². The summed E-state index contributed by atoms with van der Waals surface area (Å²) in [6.07, 6.45) is 6.54. The molecular weight excluding hydrogens is 690 g/mol. The average molecular weight is 740 g/mol. The van der Waals surface area contributed by atoms with Gasteiger partial charge in [-0.1, -0.05) is 13.3 Å². The fourth-order valence-corrected chi connectivity index (χ4v) is 6.54. The first-order valence-corrected chi connectivity index (χ1v) is 17.7. The van der Waals surface area contributed by atoms with E-state index in [1.54, 1.807) is 19.2 Å². The van der Waals surface area contributed by atoms with E-state index >= 15 is 0 Å². The molecule has 1 saturated heterocycles. The van der Waals surface area contributed by atoms with Gasteiger partial charge in [0.1, 0.15) is 58.4 Å². The Hall–Kier alpha value is -4.32. The number of phenolic OH excluding ortho intramolecular Hbond substituents is 1. The van der Waals surface area contributed by atoms with Crippen molar-refractivity contribution in [1.29, 1.82) is 0 Å². The smallest absolute Gasteiger partial charge is 0.181 e. The Morgan fingerprint density at radius 2 is 1.58 bits per heavy atom. The molecule has 1 N–H and O–H groups in total. The molecule has 0 saturated carbocycles. The molecule has 3 aromatic rings. The lowest BCUT2D eigenvalue weighted by atomic mass is 9.80. The number of methoxy groups -OCH3 is 2. The fourth-order valence-electron chi connectivity index (χ4n) is 6.54. The van der Waals surface area contributed by atoms with Crippen molar-refractivity contribution in [2.75, 3.05) is 66.9 Å². The quantitative estimate of drug-likeness (QED) is 0.203. The van der Waals surface area contributed by atoms with E-state index in [-0.39, 0.29) is 36.1 Å². The van der Waals surface area contributed by atoms with E-state index in [4.69, 9.17) is 37.9 Å². The molecule has 0 amide bonds. The summed E-state index contributed by atoms with van der Waals surface area (Å²) in [5.74, 6) is 3.18. The van der Waals surface area contributed by atoms with E-state index in [1.807, 2.05) is 50.3 Å². The van der Waals surface area contributed by atoms with E-state index in [0.29, 0.717) is 39.9 Å². The predicted molar refractivity (Wildman–Crippen MR) is 200 cm³/mol. The van der Waals surface area contributed by atoms with E-state index in [2.05, 4.69) is 11.8 Å². The molecule has 52 heavy (non-hydrogen) atoms. The second-order valence-corrected chi connectivity index (χ2v) is 13.4. The zero-order valence-electron chi connectivity index (χ0n) is 30.6. The molecule has 7 rings (SSSR count). The minimum absolute atomic E-state index is 0. The standard InChI is InChI=1S/C23H22O7.C17H27NO3.ClH/c1-23(2)6-5-11-15(30-23)8-13(24)20-21(25)19-12-7-16(26-3)17(27-4)9-14(12)28-10-18(19)29-22(11)20;1-2-3-12-20-16-5-7-17(8-6-16)21-13-4-9-18-10-14-19-15-11-18;/h5-9,18-19,24H,10H2,1-4H3;5-8H,2-4,9-15H2,1H3;1H. The van der Waals surface area contributed by atoms with Gasteiger partial charge >= 0.3 is 0 Å². The summed E-state index contributed by atoms with van der Waals surface area (Å²) in [7, 11) is 3.07. The Balaban J connectivity index is 0.000000210. The first-order chi connectivity index (χ1) is 24.7. The second-order valence-electron chi connectivity index (χ2n) is 13.4. The van der Waals surface area contributed by atoms with Gasteiger partial charge < -0.3 is 43.0 Å². The third kappa shape index (κ3) is 8.82. The number of Topliss-reactive ketones (excluding diaryl/α,β-unsaturated/α-hetero) is 1. The highest BCUT2D eigenvalue weighted by Gasteiger charge is 2.46. The molecule has 282 valence electrons. The van der Waals surface area contributed by atoms with E-state index in [9.17, 15) is 9.90 Å². The fraction of sp³-hybridized carbons (Fsp3) is 0.475. The number of phenols is 1. The molecule has 11 nitrogen and oxygen atoms in total. The van der Waals surface area contributed by atoms with Crippen LogP contribution in [0.25, 0.3) is 6.08 Å². The largest absolute Gasteiger partial charge is 0.507 e. The molecule has 4 aliphatic heterocycles. The van der Waals surface area contributed by atoms with Crippen LogP contribution in [0.3, 0.4) is 0 Å². The van der Waals surface area contributed by atoms with Crippen molar-refractivity contribution < 1.29 is 47.8 Å². The van der Waals surface area contributed by atoms with Gasteiger partial charge in [0.25, 0.3) is 0 Å². The highest BCUT2D eigenvalue weighted by molar-refractivity contribution is 6.08. The zero-order chi connectivity index (χ0) is 36.0. The maximum atomic E-state index is 13.6. The van der Waals surface area contributed by atoms with Crippen LogP contribution in [0.15, 0.2) is 48.5 Å². The van der Waals surface area contributed by atoms with Gasteiger partial charge in [0.15, 0.2) is 17.3 Å². The molecule has 0 aromatic heterocycles. The SMILES string of the molecule is CCCCOc1ccc(OCCCN2CCOCC2)cc1.COc1cc2c(cc1OC)C1C(=O)c3c(O)cc4c(c3OC1CO2)C=CC(C)(C)O4.Cl. The number of rotatable bonds is 11. The number of hydrogen-bond acceptors (Lipinski definition) is 11. The number of carbonyl (C=O) groups excluding carboxylic acids is 1. The highest BCUT2D eigenvalue weighted by Crippen LogP contribution is 2.52. The van der Waals surface area contributed by atoms with Crippen LogP contribution < -0.4 is 33.2 Å². The monoisotopic (exact) mass is 739 g/mol. The lowest BCUT2D eigenvalue weighted by molar-refractivity contribution is 0.0358. The maximum absolute atomic E-state index is 13.6. The summed E-state index contributed by atoms with van der Waals surface area (Å²) in [5, 5.41) is 10.7. The number of ether oxygens (including phenoxy) is 8. The summed E-state index contributed by atoms with van der Waals surface area (Å²) in [4.78, 5) is 16.0. The van der Waals surface area contributed by atoms with Crippen molar-refractivity contribution in [2.24, 2.45) is 0 Å². The molecule has 0 bridgehead atoms. The van der Waals surface area contributed by atoms with Crippen LogP contribution in [0.4, 0.5) is 0 Å². The Labute approximate surface area is 312 Å². The normalized spacial score (nSPS) is 19.3. The number of hydrogen-bond donors (Lipinski definition) is 1. The van der Waals surface area contributed by atoms with Gasteiger partial charge in [0, 0.05) is 37.3 Å². The molecule has 1 fully saturated rings. The van der Waals surface area contributed by atoms with Crippen LogP contribution in [0.1, 0.15) is 67.4 Å². The molecule has 0 spiro atoms. The summed E-state index contributed by atoms with van der Waals surface area (Å²) >= 11 is 0. The van der Waals surface area contributed by atoms with Crippen molar-refractivity contribution in [3.05, 3.63) is 65.2 Å². The molecular formula is C40H50ClNO10. The molecule has 2 unspecified atom stereocenters. The van der Waals surface area contributed by atoms with Gasteiger partial charge in [-0.05, 0) is 69.2 Å². The maximum Gasteiger partial charge on any atom is 0.181 e. The molecule has 0 aliphatic carbocycles. The lowest BCUT2D eigenvalue weighted by Crippen LogP contribution is -2.43. The Morgan fingerprint density at radius 3 is 2.23 bits per heavy atom. The topological polar surface area (TPSA) is 114 Å². The summed E-state index contributed by atoms with van der Waals surface area (Å²) in [6.45, 7) is 12.6. The van der Waals surface area contributed by atoms with Crippen molar-refractivity contribution in [3.8, 4) is 46.0 Å². The second kappa shape index (κ2) is 17.5. The molecule has 12 heteroatoms. The van der Waals surface area contributed by atoms with Crippen LogP contribution in [0.2, 0.25) is 0 Å². The third-order valence-corrected chi connectivity index (χ3v) is 9.29. The van der Waals surface area contributed by atoms with E-state index in [1.165, 1.54) is 13.2 Å². The molecule has 0 radical (unpaired) electrons. The van der Waals surface area contributed by atoms with Crippen molar-refractivity contribution in [2.45, 2.75) is 57.7 Å². The minimum atomic E-state index is -0.630. The summed E-state index contributed by atoms with van der Waals surface area (Å²) < 4.78 is 45.5. The zero-order valence-corrected chi connectivity index (χ0v) is 31.4. The highest BCUT2D eigenvalue weighted by atomic mass is 35.5. The van der Waals surface area contributed by atoms with E-state index in [0.717, 1.165) is 76.8 Å². The van der Waals surface area contributed by atoms with Crippen LogP contribution in [0, 0.1) is 0 Å². The molecule has 4 heterocycles. The number of unbranched alkanes of at least 4 members (excludes halogenated alkanes) is 1. The number of morpholine rings is 1. The van der Waals surface area contributed by atoms with Crippen LogP contribution in [-0.4, -0.2) is 94.4 Å². The van der Waals surface area contributed by atoms with Gasteiger partial charge in [-0.3, -0.25) is 9.69 Å². The minimum Gasteiger partial charge on any atom is -0.507 e. The van der Waals surface area contributed by atoms with Gasteiger partial charge in [-0.25, -0.2) is 0 Å². The van der Waals surface area contributed by atoms with Gasteiger partial charge in [-0.2, -0.15) is 0 Å². The number of nitrogens with zero attached hydrogens (tertiary/aromatic N) is 1. The Bertz CT molecular complexity index is 1700. The third-order valence-electron chi connectivity index (χ3n) is 9.29. The predicted octanol–water partition coefficient (Wildman–Crippen LogP) is 7.10. The first kappa shape index (κ1) is 38.9. The first-order valence-electron chi connectivity index (χ1n) is 17.7. The number of fused-ring (bicyclic) bond motifs is 6. The molecule has 3 aromatic carbocycles. The average Bonchev–Trinajstić information content (AvgIpc) is 3.13. The summed E-state index contributed by atoms with van der Waals surface area (Å²) in [6, 6.07) is 12.8. The van der Waals surface area contributed by atoms with Crippen LogP contribution >= 0.6 is 12.4 Å². The van der Waals surface area contributed by atoms with Crippen molar-refractivity contribution in [1.82, 2.24) is 4.90 Å². The number of aromatic hydroxyl groups is 1. The molecule has 4 aliphatic rings. The number of ketones is 1. The van der Waals surface area contributed by atoms with Gasteiger partial charge in [0.05, 0.1) is 52.1 Å². The lowest BCUT2D eigenvalue weighted by Gasteiger charge is -2.39. The van der Waals surface area contributed by atoms with Gasteiger partial charge in [0.2, 0.25) is 0 Å².